The van der Waals surface area contributed by atoms with Crippen LogP contribution in [0.2, 0.25) is 5.02 Å². The largest absolute Gasteiger partial charge is 0.435 e. The summed E-state index contributed by atoms with van der Waals surface area (Å²) in [6.07, 6.45) is 3.37. The topological polar surface area (TPSA) is 66.0 Å². The maximum Gasteiger partial charge on any atom is 0.247 e. The third-order valence-electron chi connectivity index (χ3n) is 2.77. The van der Waals surface area contributed by atoms with Crippen LogP contribution in [-0.2, 0) is 7.05 Å². The maximum absolute atomic E-state index is 6.07. The summed E-state index contributed by atoms with van der Waals surface area (Å²) in [7, 11) is 1.91. The minimum atomic E-state index is 0.408. The summed E-state index contributed by atoms with van der Waals surface area (Å²) in [6.45, 7) is 0. The monoisotopic (exact) mass is 274 g/mol. The van der Waals surface area contributed by atoms with E-state index in [-0.39, 0.29) is 0 Å². The van der Waals surface area contributed by atoms with Crippen LogP contribution in [0, 0.1) is 0 Å². The number of anilines is 1. The summed E-state index contributed by atoms with van der Waals surface area (Å²) >= 11 is 6.07. The number of pyridine rings is 1. The Morgan fingerprint density at radius 2 is 2.11 bits per heavy atom. The number of aryl methyl sites for hydroxylation is 1. The van der Waals surface area contributed by atoms with Crippen LogP contribution in [-0.4, -0.2) is 14.5 Å². The molecule has 0 aliphatic heterocycles. The van der Waals surface area contributed by atoms with Crippen molar-refractivity contribution in [1.29, 1.82) is 0 Å². The number of imidazole rings is 1. The lowest BCUT2D eigenvalue weighted by molar-refractivity contribution is 0.468. The lowest BCUT2D eigenvalue weighted by Gasteiger charge is -2.07. The van der Waals surface area contributed by atoms with Crippen molar-refractivity contribution in [3.8, 4) is 11.6 Å². The Hall–Kier alpha value is -2.27. The van der Waals surface area contributed by atoms with E-state index >= 15 is 0 Å². The van der Waals surface area contributed by atoms with Crippen molar-refractivity contribution in [3.63, 3.8) is 0 Å². The highest BCUT2D eigenvalue weighted by Gasteiger charge is 2.11. The molecular formula is C13H11ClN4O. The number of aromatic nitrogens is 3. The van der Waals surface area contributed by atoms with Gasteiger partial charge in [-0.1, -0.05) is 11.6 Å². The average Bonchev–Trinajstić information content (AvgIpc) is 2.77. The molecule has 6 heteroatoms. The van der Waals surface area contributed by atoms with Crippen LogP contribution in [0.4, 0.5) is 5.69 Å². The zero-order chi connectivity index (χ0) is 13.4. The molecule has 0 bridgehead atoms. The predicted octanol–water partition coefficient (Wildman–Crippen LogP) is 3.00. The molecule has 19 heavy (non-hydrogen) atoms. The minimum absolute atomic E-state index is 0.408. The van der Waals surface area contributed by atoms with Gasteiger partial charge in [-0.25, -0.2) is 9.97 Å². The van der Waals surface area contributed by atoms with Gasteiger partial charge in [0.05, 0.1) is 16.9 Å². The van der Waals surface area contributed by atoms with E-state index in [0.717, 1.165) is 5.52 Å². The van der Waals surface area contributed by atoms with Crippen LogP contribution >= 0.6 is 11.6 Å². The second-order valence-electron chi connectivity index (χ2n) is 4.13. The van der Waals surface area contributed by atoms with Gasteiger partial charge in [-0.2, -0.15) is 0 Å². The molecule has 2 aromatic heterocycles. The molecule has 0 spiro atoms. The lowest BCUT2D eigenvalue weighted by atomic mass is 10.3. The van der Waals surface area contributed by atoms with Gasteiger partial charge in [-0.3, -0.25) is 0 Å². The van der Waals surface area contributed by atoms with Gasteiger partial charge in [-0.05, 0) is 18.2 Å². The maximum atomic E-state index is 6.07. The predicted molar refractivity (Wildman–Crippen MR) is 74.4 cm³/mol. The van der Waals surface area contributed by atoms with Gasteiger partial charge >= 0.3 is 0 Å². The van der Waals surface area contributed by atoms with Crippen LogP contribution in [0.3, 0.4) is 0 Å². The van der Waals surface area contributed by atoms with Crippen LogP contribution in [0.1, 0.15) is 0 Å². The fourth-order valence-corrected chi connectivity index (χ4v) is 1.97. The van der Waals surface area contributed by atoms with Gasteiger partial charge in [0.15, 0.2) is 5.52 Å². The number of nitrogen functional groups attached to an aromatic ring is 1. The fourth-order valence-electron chi connectivity index (χ4n) is 1.81. The molecular weight excluding hydrogens is 264 g/mol. The second-order valence-corrected chi connectivity index (χ2v) is 4.54. The molecule has 2 N–H and O–H groups in total. The molecule has 5 nitrogen and oxygen atoms in total. The van der Waals surface area contributed by atoms with Crippen LogP contribution < -0.4 is 10.5 Å². The van der Waals surface area contributed by atoms with Gasteiger partial charge in [-0.15, -0.1) is 0 Å². The van der Waals surface area contributed by atoms with Crippen LogP contribution in [0.25, 0.3) is 11.0 Å². The molecule has 2 heterocycles. The van der Waals surface area contributed by atoms with Gasteiger partial charge in [0, 0.05) is 25.0 Å². The normalized spacial score (nSPS) is 10.8. The van der Waals surface area contributed by atoms with E-state index in [9.17, 15) is 0 Å². The molecule has 96 valence electrons. The van der Waals surface area contributed by atoms with Crippen molar-refractivity contribution in [2.45, 2.75) is 0 Å². The summed E-state index contributed by atoms with van der Waals surface area (Å²) in [5, 5.41) is 0.476. The van der Waals surface area contributed by atoms with E-state index < -0.39 is 0 Å². The van der Waals surface area contributed by atoms with Crippen molar-refractivity contribution in [2.24, 2.45) is 7.05 Å². The molecule has 0 aliphatic rings. The molecule has 0 fully saturated rings. The SMILES string of the molecule is Cn1cnc2c(Oc3cc(N)ccc3Cl)nccc21. The summed E-state index contributed by atoms with van der Waals surface area (Å²) in [5.41, 5.74) is 7.91. The highest BCUT2D eigenvalue weighted by atomic mass is 35.5. The lowest BCUT2D eigenvalue weighted by Crippen LogP contribution is -1.92. The molecule has 0 unspecified atom stereocenters. The summed E-state index contributed by atoms with van der Waals surface area (Å²) in [4.78, 5) is 8.46. The smallest absolute Gasteiger partial charge is 0.247 e. The highest BCUT2D eigenvalue weighted by molar-refractivity contribution is 6.32. The third-order valence-corrected chi connectivity index (χ3v) is 3.08. The molecule has 1 aromatic carbocycles. The van der Waals surface area contributed by atoms with E-state index in [1.807, 2.05) is 17.7 Å². The molecule has 3 aromatic rings. The molecule has 0 radical (unpaired) electrons. The first-order valence-corrected chi connectivity index (χ1v) is 6.02. The highest BCUT2D eigenvalue weighted by Crippen LogP contribution is 2.32. The first-order chi connectivity index (χ1) is 9.15. The number of rotatable bonds is 2. The molecule has 0 amide bonds. The van der Waals surface area contributed by atoms with E-state index in [4.69, 9.17) is 22.1 Å². The molecule has 0 saturated heterocycles. The summed E-state index contributed by atoms with van der Waals surface area (Å²) in [5.74, 6) is 0.873. The standard InChI is InChI=1S/C13H11ClN4O/c1-18-7-17-12-10(18)4-5-16-13(12)19-11-6-8(15)2-3-9(11)14/h2-7H,15H2,1H3. The van der Waals surface area contributed by atoms with Crippen molar-refractivity contribution in [3.05, 3.63) is 41.8 Å². The number of fused-ring (bicyclic) bond motifs is 1. The van der Waals surface area contributed by atoms with E-state index in [1.165, 1.54) is 0 Å². The number of ether oxygens (including phenoxy) is 1. The fraction of sp³-hybridized carbons (Fsp3) is 0.0769. The number of benzene rings is 1. The Morgan fingerprint density at radius 3 is 2.95 bits per heavy atom. The van der Waals surface area contributed by atoms with Gasteiger partial charge < -0.3 is 15.0 Å². The first-order valence-electron chi connectivity index (χ1n) is 5.64. The Kier molecular flexibility index (Phi) is 2.76. The Morgan fingerprint density at radius 1 is 1.26 bits per heavy atom. The van der Waals surface area contributed by atoms with Crippen molar-refractivity contribution in [2.75, 3.05) is 5.73 Å². The second kappa shape index (κ2) is 4.44. The Labute approximate surface area is 114 Å². The number of hydrogen-bond acceptors (Lipinski definition) is 4. The number of nitrogens with two attached hydrogens (primary N) is 1. The van der Waals surface area contributed by atoms with Gasteiger partial charge in [0.2, 0.25) is 5.88 Å². The van der Waals surface area contributed by atoms with Crippen molar-refractivity contribution < 1.29 is 4.74 Å². The number of halogens is 1. The van der Waals surface area contributed by atoms with Crippen molar-refractivity contribution >= 4 is 28.3 Å². The van der Waals surface area contributed by atoms with Gasteiger partial charge in [0.25, 0.3) is 0 Å². The quantitative estimate of drug-likeness (QED) is 0.730. The zero-order valence-electron chi connectivity index (χ0n) is 10.2. The summed E-state index contributed by atoms with van der Waals surface area (Å²) in [6, 6.07) is 6.93. The third kappa shape index (κ3) is 2.08. The zero-order valence-corrected chi connectivity index (χ0v) is 10.9. The van der Waals surface area contributed by atoms with Crippen molar-refractivity contribution in [1.82, 2.24) is 14.5 Å². The summed E-state index contributed by atoms with van der Waals surface area (Å²) < 4.78 is 7.61. The van der Waals surface area contributed by atoms with E-state index in [0.29, 0.717) is 27.9 Å². The molecule has 0 atom stereocenters. The average molecular weight is 275 g/mol. The minimum Gasteiger partial charge on any atom is -0.435 e. The van der Waals surface area contributed by atoms with Gasteiger partial charge in [0.1, 0.15) is 5.75 Å². The number of hydrogen-bond donors (Lipinski definition) is 1. The van der Waals surface area contributed by atoms with Crippen LogP contribution in [0.5, 0.6) is 11.6 Å². The molecule has 0 saturated carbocycles. The number of nitrogens with zero attached hydrogens (tertiary/aromatic N) is 3. The molecule has 3 rings (SSSR count). The van der Waals surface area contributed by atoms with E-state index in [2.05, 4.69) is 9.97 Å². The Balaban J connectivity index is 2.08. The first kappa shape index (κ1) is 11.8. The van der Waals surface area contributed by atoms with Crippen LogP contribution in [0.15, 0.2) is 36.8 Å². The molecule has 0 aliphatic carbocycles. The Bertz CT molecular complexity index is 753. The van der Waals surface area contributed by atoms with E-state index in [1.54, 1.807) is 30.7 Å².